The van der Waals surface area contributed by atoms with Crippen LogP contribution in [0, 0.1) is 0 Å². The molecule has 168 valence electrons. The van der Waals surface area contributed by atoms with Gasteiger partial charge in [-0.2, -0.15) is 0 Å². The van der Waals surface area contributed by atoms with Gasteiger partial charge in [-0.3, -0.25) is 9.59 Å². The molecule has 0 saturated heterocycles. The van der Waals surface area contributed by atoms with Crippen molar-refractivity contribution in [2.24, 2.45) is 0 Å². The van der Waals surface area contributed by atoms with Crippen molar-refractivity contribution in [2.75, 3.05) is 6.61 Å². The zero-order valence-electron chi connectivity index (χ0n) is 18.3. The first kappa shape index (κ1) is 21.7. The van der Waals surface area contributed by atoms with Gasteiger partial charge in [-0.25, -0.2) is 0 Å². The number of hydrogen-bond acceptors (Lipinski definition) is 6. The monoisotopic (exact) mass is 428 g/mol. The van der Waals surface area contributed by atoms with Crippen LogP contribution >= 0.6 is 0 Å². The van der Waals surface area contributed by atoms with E-state index in [1.54, 1.807) is 25.1 Å². The van der Waals surface area contributed by atoms with E-state index in [-0.39, 0.29) is 18.3 Å². The third-order valence-electron chi connectivity index (χ3n) is 6.43. The molecule has 4 rings (SSSR count). The van der Waals surface area contributed by atoms with Crippen molar-refractivity contribution >= 4 is 11.9 Å². The van der Waals surface area contributed by atoms with Crippen molar-refractivity contribution in [1.82, 2.24) is 10.1 Å². The van der Waals surface area contributed by atoms with E-state index in [0.29, 0.717) is 41.7 Å². The zero-order valence-corrected chi connectivity index (χ0v) is 18.3. The molecular formula is C24H32N2O5. The summed E-state index contributed by atoms with van der Waals surface area (Å²) in [4.78, 5) is 27.3. The summed E-state index contributed by atoms with van der Waals surface area (Å²) in [7, 11) is 0. The Kier molecular flexibility index (Phi) is 7.10. The summed E-state index contributed by atoms with van der Waals surface area (Å²) < 4.78 is 16.1. The fourth-order valence-corrected chi connectivity index (χ4v) is 4.93. The lowest BCUT2D eigenvalue weighted by Crippen LogP contribution is -2.48. The highest BCUT2D eigenvalue weighted by molar-refractivity contribution is 5.93. The van der Waals surface area contributed by atoms with Crippen LogP contribution in [0.5, 0.6) is 0 Å². The Morgan fingerprint density at radius 1 is 1.00 bits per heavy atom. The van der Waals surface area contributed by atoms with Gasteiger partial charge in [0.15, 0.2) is 11.5 Å². The van der Waals surface area contributed by atoms with Gasteiger partial charge in [0.25, 0.3) is 5.91 Å². The Bertz CT molecular complexity index is 856. The van der Waals surface area contributed by atoms with Gasteiger partial charge in [-0.05, 0) is 44.7 Å². The van der Waals surface area contributed by atoms with Crippen LogP contribution in [0.1, 0.15) is 87.4 Å². The van der Waals surface area contributed by atoms with E-state index in [4.69, 9.17) is 13.7 Å². The molecule has 2 saturated carbocycles. The summed E-state index contributed by atoms with van der Waals surface area (Å²) in [5.41, 5.74) is 0.328. The molecule has 1 amide bonds. The summed E-state index contributed by atoms with van der Waals surface area (Å²) in [6.45, 7) is 2.10. The zero-order chi connectivity index (χ0) is 21.6. The number of hydrogen-bond donors (Lipinski definition) is 0. The number of carbonyl (C=O) groups excluding carboxylic acids is 2. The minimum atomic E-state index is -0.340. The van der Waals surface area contributed by atoms with Crippen LogP contribution in [-0.4, -0.2) is 40.6 Å². The predicted octanol–water partition coefficient (Wildman–Crippen LogP) is 5.15. The summed E-state index contributed by atoms with van der Waals surface area (Å²) in [6, 6.07) is 5.69. The number of amides is 1. The molecule has 7 nitrogen and oxygen atoms in total. The van der Waals surface area contributed by atoms with E-state index < -0.39 is 0 Å². The highest BCUT2D eigenvalue weighted by Gasteiger charge is 2.34. The van der Waals surface area contributed by atoms with E-state index in [1.165, 1.54) is 38.5 Å². The van der Waals surface area contributed by atoms with Crippen molar-refractivity contribution in [1.29, 1.82) is 0 Å². The first-order chi connectivity index (χ1) is 15.2. The third-order valence-corrected chi connectivity index (χ3v) is 6.43. The second-order valence-electron chi connectivity index (χ2n) is 8.62. The molecule has 0 unspecified atom stereocenters. The van der Waals surface area contributed by atoms with Crippen molar-refractivity contribution < 1.29 is 23.3 Å². The number of esters is 1. The summed E-state index contributed by atoms with van der Waals surface area (Å²) >= 11 is 0. The maximum absolute atomic E-state index is 13.5. The van der Waals surface area contributed by atoms with Crippen LogP contribution in [-0.2, 0) is 16.0 Å². The lowest BCUT2D eigenvalue weighted by Gasteiger charge is -2.41. The maximum Gasteiger partial charge on any atom is 0.313 e. The number of carbonyl (C=O) groups is 2. The van der Waals surface area contributed by atoms with E-state index in [1.807, 2.05) is 0 Å². The van der Waals surface area contributed by atoms with E-state index in [9.17, 15) is 9.59 Å². The number of aromatic nitrogens is 1. The summed E-state index contributed by atoms with van der Waals surface area (Å²) in [6.07, 6.45) is 11.6. The van der Waals surface area contributed by atoms with Gasteiger partial charge in [-0.1, -0.05) is 43.7 Å². The van der Waals surface area contributed by atoms with Gasteiger partial charge < -0.3 is 18.6 Å². The average Bonchev–Trinajstić information content (AvgIpc) is 3.45. The van der Waals surface area contributed by atoms with Gasteiger partial charge in [0, 0.05) is 18.2 Å². The predicted molar refractivity (Wildman–Crippen MR) is 114 cm³/mol. The fourth-order valence-electron chi connectivity index (χ4n) is 4.93. The number of rotatable bonds is 7. The van der Waals surface area contributed by atoms with Gasteiger partial charge in [0.2, 0.25) is 5.76 Å². The standard InChI is InChI=1S/C24H32N2O5/c1-2-29-23(27)15-19-13-14-21(30-19)22-16-20(25-31-22)24(28)26(17-9-5-3-6-10-17)18-11-7-4-8-12-18/h13-14,16-18H,2-12,15H2,1H3. The number of furan rings is 1. The minimum Gasteiger partial charge on any atom is -0.466 e. The van der Waals surface area contributed by atoms with Crippen LogP contribution in [0.3, 0.4) is 0 Å². The molecular weight excluding hydrogens is 396 g/mol. The van der Waals surface area contributed by atoms with Gasteiger partial charge in [0.1, 0.15) is 12.2 Å². The number of ether oxygens (including phenoxy) is 1. The molecule has 2 aliphatic carbocycles. The molecule has 2 aliphatic rings. The quantitative estimate of drug-likeness (QED) is 0.567. The second kappa shape index (κ2) is 10.2. The summed E-state index contributed by atoms with van der Waals surface area (Å²) in [5.74, 6) is 0.960. The van der Waals surface area contributed by atoms with Crippen LogP contribution in [0.4, 0.5) is 0 Å². The molecule has 7 heteroatoms. The van der Waals surface area contributed by atoms with Gasteiger partial charge in [0.05, 0.1) is 6.61 Å². The molecule has 0 aromatic carbocycles. The molecule has 2 heterocycles. The average molecular weight is 429 g/mol. The molecule has 0 aliphatic heterocycles. The molecule has 31 heavy (non-hydrogen) atoms. The topological polar surface area (TPSA) is 85.8 Å². The van der Waals surface area contributed by atoms with Crippen LogP contribution in [0.2, 0.25) is 0 Å². The largest absolute Gasteiger partial charge is 0.466 e. The molecule has 2 fully saturated rings. The van der Waals surface area contributed by atoms with E-state index in [0.717, 1.165) is 25.7 Å². The number of nitrogens with zero attached hydrogens (tertiary/aromatic N) is 2. The Morgan fingerprint density at radius 3 is 2.26 bits per heavy atom. The molecule has 0 radical (unpaired) electrons. The maximum atomic E-state index is 13.5. The first-order valence-corrected chi connectivity index (χ1v) is 11.7. The van der Waals surface area contributed by atoms with Gasteiger partial charge >= 0.3 is 5.97 Å². The minimum absolute atomic E-state index is 0.0351. The third kappa shape index (κ3) is 5.20. The van der Waals surface area contributed by atoms with Crippen LogP contribution in [0.25, 0.3) is 11.5 Å². The highest BCUT2D eigenvalue weighted by atomic mass is 16.5. The highest BCUT2D eigenvalue weighted by Crippen LogP contribution is 2.32. The van der Waals surface area contributed by atoms with Crippen molar-refractivity contribution in [2.45, 2.75) is 89.6 Å². The second-order valence-corrected chi connectivity index (χ2v) is 8.62. The normalized spacial score (nSPS) is 18.1. The van der Waals surface area contributed by atoms with Gasteiger partial charge in [-0.15, -0.1) is 0 Å². The van der Waals surface area contributed by atoms with Crippen LogP contribution < -0.4 is 0 Å². The molecule has 2 aromatic heterocycles. The van der Waals surface area contributed by atoms with Crippen molar-refractivity contribution in [3.63, 3.8) is 0 Å². The Morgan fingerprint density at radius 2 is 1.65 bits per heavy atom. The van der Waals surface area contributed by atoms with Crippen molar-refractivity contribution in [3.8, 4) is 11.5 Å². The molecule has 0 atom stereocenters. The molecule has 0 bridgehead atoms. The lowest BCUT2D eigenvalue weighted by molar-refractivity contribution is -0.142. The van der Waals surface area contributed by atoms with Crippen LogP contribution in [0.15, 0.2) is 27.1 Å². The van der Waals surface area contributed by atoms with Crippen molar-refractivity contribution in [3.05, 3.63) is 29.7 Å². The fraction of sp³-hybridized carbons (Fsp3) is 0.625. The Labute approximate surface area is 183 Å². The Balaban J connectivity index is 1.50. The van der Waals surface area contributed by atoms with E-state index in [2.05, 4.69) is 10.1 Å². The molecule has 0 spiro atoms. The SMILES string of the molecule is CCOC(=O)Cc1ccc(-c2cc(C(=O)N(C3CCCCC3)C3CCCCC3)no2)o1. The smallest absolute Gasteiger partial charge is 0.313 e. The lowest BCUT2D eigenvalue weighted by atomic mass is 9.88. The van der Waals surface area contributed by atoms with E-state index >= 15 is 0 Å². The first-order valence-electron chi connectivity index (χ1n) is 11.7. The Hall–Kier alpha value is -2.57. The summed E-state index contributed by atoms with van der Waals surface area (Å²) in [5, 5.41) is 4.08. The molecule has 0 N–H and O–H groups in total. The molecule has 2 aromatic rings.